The number of benzene rings is 2. The van der Waals surface area contributed by atoms with Crippen LogP contribution in [-0.2, 0) is 14.3 Å². The van der Waals surface area contributed by atoms with Crippen LogP contribution in [0.3, 0.4) is 0 Å². The fourth-order valence-corrected chi connectivity index (χ4v) is 6.52. The van der Waals surface area contributed by atoms with Crippen molar-refractivity contribution in [2.45, 2.75) is 52.0 Å². The molecule has 204 valence electrons. The number of nitrogens with two attached hydrogens (primary N) is 1. The number of hydrogen-bond donors (Lipinski definition) is 3. The standard InChI is InChI=1S/C30H37N3O4.ClH/c1-30(2)23-10-7-21(26(30)15-23)16-37-27(34)14-22-13-24(33-29(22)35)17-36-25-11-8-19(9-12-25)18-3-5-20(6-4-18)28(31)32;/h3-6,8-9,11-12,21-24,26H,7,10,13-17H2,1-2H3,(H3,31,32)(H,33,35);1H/t21?,22-,23?,24-,26?;/m0./s1. The number of carbonyl (C=O) groups excluding carboxylic acids is 2. The van der Waals surface area contributed by atoms with E-state index >= 15 is 0 Å². The van der Waals surface area contributed by atoms with E-state index in [1.807, 2.05) is 48.5 Å². The Balaban J connectivity index is 0.00000336. The molecule has 7 nitrogen and oxygen atoms in total. The van der Waals surface area contributed by atoms with E-state index in [9.17, 15) is 9.59 Å². The molecule has 2 aromatic rings. The zero-order valence-corrected chi connectivity index (χ0v) is 22.9. The average molecular weight is 540 g/mol. The van der Waals surface area contributed by atoms with Crippen LogP contribution in [0.15, 0.2) is 48.5 Å². The van der Waals surface area contributed by atoms with E-state index in [2.05, 4.69) is 19.2 Å². The van der Waals surface area contributed by atoms with Gasteiger partial charge in [-0.05, 0) is 72.1 Å². The minimum Gasteiger partial charge on any atom is -0.491 e. The maximum absolute atomic E-state index is 12.5. The summed E-state index contributed by atoms with van der Waals surface area (Å²) in [7, 11) is 0. The first-order valence-electron chi connectivity index (χ1n) is 13.3. The number of halogens is 1. The van der Waals surface area contributed by atoms with Crippen molar-refractivity contribution in [1.82, 2.24) is 5.32 Å². The summed E-state index contributed by atoms with van der Waals surface area (Å²) in [6.07, 6.45) is 4.33. The van der Waals surface area contributed by atoms with Gasteiger partial charge in [0.05, 0.1) is 25.0 Å². The second-order valence-corrected chi connectivity index (χ2v) is 11.5. The van der Waals surface area contributed by atoms with Crippen molar-refractivity contribution in [3.8, 4) is 16.9 Å². The molecule has 3 aliphatic carbocycles. The third-order valence-electron chi connectivity index (χ3n) is 8.99. The SMILES string of the molecule is CC1(C)C2CCC(COC(=O)C[C@@H]3C[C@@H](COc4ccc(-c5ccc(C(=N)N)cc5)cc4)NC3=O)C1C2.Cl. The van der Waals surface area contributed by atoms with Crippen molar-refractivity contribution in [2.75, 3.05) is 13.2 Å². The van der Waals surface area contributed by atoms with E-state index in [1.54, 1.807) is 0 Å². The lowest BCUT2D eigenvalue weighted by Crippen LogP contribution is -2.53. The van der Waals surface area contributed by atoms with E-state index in [4.69, 9.17) is 20.6 Å². The fourth-order valence-electron chi connectivity index (χ4n) is 6.52. The fraction of sp³-hybridized carbons (Fsp3) is 0.500. The van der Waals surface area contributed by atoms with Crippen molar-refractivity contribution in [1.29, 1.82) is 5.41 Å². The Hall–Kier alpha value is -3.06. The summed E-state index contributed by atoms with van der Waals surface area (Å²) in [6, 6.07) is 15.1. The van der Waals surface area contributed by atoms with E-state index in [-0.39, 0.29) is 48.5 Å². The number of carbonyl (C=O) groups is 2. The van der Waals surface area contributed by atoms with Gasteiger partial charge in [0.2, 0.25) is 5.91 Å². The number of rotatable bonds is 9. The van der Waals surface area contributed by atoms with Gasteiger partial charge in [-0.2, -0.15) is 0 Å². The summed E-state index contributed by atoms with van der Waals surface area (Å²) < 4.78 is 11.6. The summed E-state index contributed by atoms with van der Waals surface area (Å²) in [6.45, 7) is 5.52. The van der Waals surface area contributed by atoms with Crippen LogP contribution < -0.4 is 15.8 Å². The summed E-state index contributed by atoms with van der Waals surface area (Å²) in [5.41, 5.74) is 8.64. The highest BCUT2D eigenvalue weighted by Gasteiger charge is 2.54. The van der Waals surface area contributed by atoms with E-state index in [0.29, 0.717) is 42.4 Å². The number of nitrogens with one attached hydrogen (secondary N) is 2. The zero-order valence-electron chi connectivity index (χ0n) is 22.1. The topological polar surface area (TPSA) is 114 Å². The molecule has 4 fully saturated rings. The predicted octanol–water partition coefficient (Wildman–Crippen LogP) is 4.95. The molecule has 1 saturated heterocycles. The lowest BCUT2D eigenvalue weighted by atomic mass is 9.46. The van der Waals surface area contributed by atoms with Gasteiger partial charge in [0, 0.05) is 5.56 Å². The molecule has 6 rings (SSSR count). The first-order chi connectivity index (χ1) is 17.7. The van der Waals surface area contributed by atoms with Gasteiger partial charge in [0.25, 0.3) is 0 Å². The molecule has 4 aliphatic rings. The molecule has 5 atom stereocenters. The zero-order chi connectivity index (χ0) is 26.2. The molecule has 8 heteroatoms. The molecule has 0 spiro atoms. The first kappa shape index (κ1) is 28.0. The summed E-state index contributed by atoms with van der Waals surface area (Å²) in [4.78, 5) is 25.0. The van der Waals surface area contributed by atoms with Crippen molar-refractivity contribution >= 4 is 30.1 Å². The molecule has 0 aromatic heterocycles. The summed E-state index contributed by atoms with van der Waals surface area (Å²) >= 11 is 0. The van der Waals surface area contributed by atoms with Gasteiger partial charge in [-0.3, -0.25) is 15.0 Å². The molecule has 1 aliphatic heterocycles. The van der Waals surface area contributed by atoms with Crippen LogP contribution in [0, 0.1) is 34.5 Å². The molecule has 3 unspecified atom stereocenters. The number of nitrogen functional groups attached to an aromatic ring is 1. The van der Waals surface area contributed by atoms with Gasteiger partial charge in [-0.15, -0.1) is 12.4 Å². The number of ether oxygens (including phenoxy) is 2. The Morgan fingerprint density at radius 2 is 1.68 bits per heavy atom. The normalized spacial score (nSPS) is 26.9. The minimum atomic E-state index is -0.364. The Bertz CT molecular complexity index is 1160. The van der Waals surface area contributed by atoms with Crippen LogP contribution in [-0.4, -0.2) is 37.0 Å². The van der Waals surface area contributed by atoms with E-state index < -0.39 is 0 Å². The van der Waals surface area contributed by atoms with Crippen LogP contribution >= 0.6 is 12.4 Å². The number of amidine groups is 1. The Morgan fingerprint density at radius 3 is 2.29 bits per heavy atom. The maximum Gasteiger partial charge on any atom is 0.306 e. The predicted molar refractivity (Wildman–Crippen MR) is 149 cm³/mol. The van der Waals surface area contributed by atoms with E-state index in [0.717, 1.165) is 29.2 Å². The third-order valence-corrected chi connectivity index (χ3v) is 8.99. The van der Waals surface area contributed by atoms with Gasteiger partial charge >= 0.3 is 5.97 Å². The lowest BCUT2D eigenvalue weighted by Gasteiger charge is -2.60. The number of fused-ring (bicyclic) bond motifs is 2. The molecule has 1 heterocycles. The van der Waals surface area contributed by atoms with Gasteiger partial charge in [0.15, 0.2) is 0 Å². The molecule has 0 radical (unpaired) electrons. The van der Waals surface area contributed by atoms with Crippen molar-refractivity contribution in [3.05, 3.63) is 54.1 Å². The highest BCUT2D eigenvalue weighted by atomic mass is 35.5. The molecule has 4 N–H and O–H groups in total. The van der Waals surface area contributed by atoms with Crippen molar-refractivity contribution < 1.29 is 19.1 Å². The van der Waals surface area contributed by atoms with Crippen LogP contribution in [0.2, 0.25) is 0 Å². The Kier molecular flexibility index (Phi) is 8.36. The van der Waals surface area contributed by atoms with E-state index in [1.165, 1.54) is 12.8 Å². The van der Waals surface area contributed by atoms with Gasteiger partial charge in [0.1, 0.15) is 18.2 Å². The maximum atomic E-state index is 12.5. The van der Waals surface area contributed by atoms with Crippen molar-refractivity contribution in [2.24, 2.45) is 34.8 Å². The molecule has 2 bridgehead atoms. The Labute approximate surface area is 230 Å². The lowest BCUT2D eigenvalue weighted by molar-refractivity contribution is -0.157. The minimum absolute atomic E-state index is 0. The number of esters is 1. The monoisotopic (exact) mass is 539 g/mol. The Morgan fingerprint density at radius 1 is 1.03 bits per heavy atom. The molecule has 3 saturated carbocycles. The molecular weight excluding hydrogens is 502 g/mol. The first-order valence-corrected chi connectivity index (χ1v) is 13.3. The van der Waals surface area contributed by atoms with Gasteiger partial charge in [-0.1, -0.05) is 50.2 Å². The highest BCUT2D eigenvalue weighted by molar-refractivity contribution is 5.95. The third kappa shape index (κ3) is 5.83. The molecule has 38 heavy (non-hydrogen) atoms. The van der Waals surface area contributed by atoms with Gasteiger partial charge in [-0.25, -0.2) is 0 Å². The average Bonchev–Trinajstić information content (AvgIpc) is 3.25. The summed E-state index contributed by atoms with van der Waals surface area (Å²) in [5, 5.41) is 10.5. The van der Waals surface area contributed by atoms with Crippen LogP contribution in [0.5, 0.6) is 5.75 Å². The highest BCUT2D eigenvalue weighted by Crippen LogP contribution is 2.61. The van der Waals surface area contributed by atoms with Crippen molar-refractivity contribution in [3.63, 3.8) is 0 Å². The number of amides is 1. The quantitative estimate of drug-likeness (QED) is 0.237. The second kappa shape index (κ2) is 11.4. The molecule has 1 amide bonds. The summed E-state index contributed by atoms with van der Waals surface area (Å²) in [5.74, 6) is 1.96. The van der Waals surface area contributed by atoms with Crippen LogP contribution in [0.4, 0.5) is 0 Å². The largest absolute Gasteiger partial charge is 0.491 e. The molecular formula is C30H38ClN3O4. The van der Waals surface area contributed by atoms with Crippen LogP contribution in [0.25, 0.3) is 11.1 Å². The van der Waals surface area contributed by atoms with Gasteiger partial charge < -0.3 is 20.5 Å². The number of hydrogen-bond acceptors (Lipinski definition) is 5. The smallest absolute Gasteiger partial charge is 0.306 e. The molecule has 2 aromatic carbocycles. The van der Waals surface area contributed by atoms with Crippen LogP contribution in [0.1, 0.15) is 51.5 Å². The second-order valence-electron chi connectivity index (χ2n) is 11.5.